The molecule has 4 nitrogen and oxygen atoms in total. The van der Waals surface area contributed by atoms with E-state index in [-0.39, 0.29) is 78.7 Å². The van der Waals surface area contributed by atoms with E-state index in [9.17, 15) is 9.90 Å². The van der Waals surface area contributed by atoms with Crippen molar-refractivity contribution in [3.8, 4) is 22.5 Å². The molecule has 0 unspecified atom stereocenters. The van der Waals surface area contributed by atoms with Crippen LogP contribution in [0.1, 0.15) is 81.1 Å². The van der Waals surface area contributed by atoms with Gasteiger partial charge in [-0.15, -0.1) is 34.9 Å². The van der Waals surface area contributed by atoms with E-state index in [1.54, 1.807) is 0 Å². The number of aliphatic hydroxyl groups is 1. The standard InChI is InChI=1S/C24H21N2.C13H24O2.Ir/c1-15-12-16(2)14-19(13-15)23-24(22-17(3)8-7-9-18(22)4)26-21-11-6-5-10-20(21)25-23;1-5-10(6-2)12(14)9-13(15)11(7-3)8-4;/h5-13H,1-4H3;9-11,14H,5-8H2,1-4H3;/q-1;;/b;12-9-;/i5D,6D,10D,11D;;. The number of fused-ring (bicyclic) bond motifs is 1. The normalized spacial score (nSPS) is 12.7. The molecule has 42 heavy (non-hydrogen) atoms. The SMILES string of the molecule is CCC(CC)C(=O)/C=C(\O)C(CC)CC.[2H]c1c([2H])c([2H])c2nc(-c3c(C)cccc3C)c(-c3[c-]c(C)cc(C)c3)nc2c1[2H].[Ir]. The predicted molar refractivity (Wildman–Crippen MR) is 172 cm³/mol. The topological polar surface area (TPSA) is 63.1 Å². The van der Waals surface area contributed by atoms with Crippen LogP contribution in [0.15, 0.2) is 66.3 Å². The van der Waals surface area contributed by atoms with Crippen LogP contribution in [-0.2, 0) is 24.9 Å². The van der Waals surface area contributed by atoms with Gasteiger partial charge in [-0.25, -0.2) is 0 Å². The summed E-state index contributed by atoms with van der Waals surface area (Å²) in [6, 6.07) is 12.4. The smallest absolute Gasteiger partial charge is 0.162 e. The first kappa shape index (κ1) is 29.0. The molecule has 1 heterocycles. The fourth-order valence-corrected chi connectivity index (χ4v) is 5.14. The summed E-state index contributed by atoms with van der Waals surface area (Å²) in [5, 5.41) is 9.76. The van der Waals surface area contributed by atoms with Gasteiger partial charge in [0.2, 0.25) is 0 Å². The molecule has 0 saturated carbocycles. The molecular formula is C37H45IrN2O2-. The number of ketones is 1. The molecule has 0 aliphatic heterocycles. The van der Waals surface area contributed by atoms with Crippen LogP contribution in [0.25, 0.3) is 33.5 Å². The molecule has 0 bridgehead atoms. The van der Waals surface area contributed by atoms with Crippen molar-refractivity contribution in [2.75, 3.05) is 0 Å². The van der Waals surface area contributed by atoms with Gasteiger partial charge in [0.15, 0.2) is 5.78 Å². The number of aryl methyl sites for hydroxylation is 4. The summed E-state index contributed by atoms with van der Waals surface area (Å²) in [5.41, 5.74) is 7.25. The summed E-state index contributed by atoms with van der Waals surface area (Å²) >= 11 is 0. The molecule has 0 aliphatic rings. The van der Waals surface area contributed by atoms with Gasteiger partial charge in [0, 0.05) is 43.7 Å². The number of para-hydroxylation sites is 2. The zero-order valence-electron chi connectivity index (χ0n) is 30.0. The molecule has 5 heteroatoms. The number of aliphatic hydroxyl groups excluding tert-OH is 1. The van der Waals surface area contributed by atoms with E-state index in [0.717, 1.165) is 59.1 Å². The molecule has 4 aromatic rings. The van der Waals surface area contributed by atoms with Gasteiger partial charge in [-0.1, -0.05) is 71.8 Å². The second-order valence-corrected chi connectivity index (χ2v) is 10.6. The van der Waals surface area contributed by atoms with Crippen molar-refractivity contribution in [1.29, 1.82) is 0 Å². The summed E-state index contributed by atoms with van der Waals surface area (Å²) < 4.78 is 32.7. The van der Waals surface area contributed by atoms with Gasteiger partial charge in [-0.05, 0) is 68.3 Å². The number of rotatable bonds is 9. The Morgan fingerprint density at radius 1 is 0.881 bits per heavy atom. The molecule has 0 atom stereocenters. The van der Waals surface area contributed by atoms with Crippen LogP contribution in [0.2, 0.25) is 0 Å². The number of carbonyl (C=O) groups is 1. The Labute approximate surface area is 271 Å². The minimum atomic E-state index is -0.308. The number of aromatic nitrogens is 2. The van der Waals surface area contributed by atoms with Crippen LogP contribution in [0, 0.1) is 45.6 Å². The maximum Gasteiger partial charge on any atom is 0.162 e. The van der Waals surface area contributed by atoms with Crippen molar-refractivity contribution >= 4 is 16.8 Å². The molecular weight excluding hydrogens is 697 g/mol. The summed E-state index contributed by atoms with van der Waals surface area (Å²) in [7, 11) is 0. The molecule has 1 aromatic heterocycles. The Bertz CT molecular complexity index is 1690. The van der Waals surface area contributed by atoms with Gasteiger partial charge in [0.05, 0.1) is 28.0 Å². The summed E-state index contributed by atoms with van der Waals surface area (Å²) in [5.74, 6) is 0.547. The van der Waals surface area contributed by atoms with E-state index in [0.29, 0.717) is 11.4 Å². The van der Waals surface area contributed by atoms with Crippen LogP contribution in [0.5, 0.6) is 0 Å². The molecule has 0 amide bonds. The van der Waals surface area contributed by atoms with Crippen LogP contribution < -0.4 is 0 Å². The van der Waals surface area contributed by atoms with Crippen LogP contribution in [0.4, 0.5) is 0 Å². The monoisotopic (exact) mass is 746 g/mol. The number of benzene rings is 3. The van der Waals surface area contributed by atoms with Crippen LogP contribution >= 0.6 is 0 Å². The largest absolute Gasteiger partial charge is 0.512 e. The molecule has 0 saturated heterocycles. The van der Waals surface area contributed by atoms with E-state index in [1.807, 2.05) is 85.7 Å². The van der Waals surface area contributed by atoms with Gasteiger partial charge in [0.1, 0.15) is 0 Å². The molecule has 0 fully saturated rings. The zero-order valence-corrected chi connectivity index (χ0v) is 28.4. The molecule has 3 aromatic carbocycles. The van der Waals surface area contributed by atoms with Gasteiger partial charge in [-0.3, -0.25) is 14.8 Å². The average molecular weight is 746 g/mol. The Kier molecular flexibility index (Phi) is 11.4. The Hall–Kier alpha value is -3.14. The van der Waals surface area contributed by atoms with Crippen LogP contribution in [-0.4, -0.2) is 20.9 Å². The van der Waals surface area contributed by atoms with E-state index < -0.39 is 0 Å². The van der Waals surface area contributed by atoms with Crippen LogP contribution in [0.3, 0.4) is 0 Å². The van der Waals surface area contributed by atoms with Crippen molar-refractivity contribution < 1.29 is 35.5 Å². The number of hydrogen-bond donors (Lipinski definition) is 1. The van der Waals surface area contributed by atoms with Gasteiger partial charge in [0.25, 0.3) is 0 Å². The fraction of sp³-hybridized carbons (Fsp3) is 0.378. The third kappa shape index (κ3) is 8.69. The van der Waals surface area contributed by atoms with E-state index in [1.165, 1.54) is 6.08 Å². The number of nitrogens with zero attached hydrogens (tertiary/aromatic N) is 2. The quantitative estimate of drug-likeness (QED) is 0.105. The number of carbonyl (C=O) groups excluding carboxylic acids is 1. The third-order valence-electron chi connectivity index (χ3n) is 7.52. The van der Waals surface area contributed by atoms with E-state index in [4.69, 9.17) is 15.5 Å². The minimum Gasteiger partial charge on any atom is -0.512 e. The van der Waals surface area contributed by atoms with Gasteiger partial charge in [-0.2, -0.15) is 0 Å². The second-order valence-electron chi connectivity index (χ2n) is 10.6. The maximum atomic E-state index is 11.7. The second kappa shape index (κ2) is 16.5. The average Bonchev–Trinajstić information content (AvgIpc) is 2.99. The van der Waals surface area contributed by atoms with Crippen molar-refractivity contribution in [3.63, 3.8) is 0 Å². The zero-order chi connectivity index (χ0) is 33.6. The Morgan fingerprint density at radius 2 is 1.40 bits per heavy atom. The summed E-state index contributed by atoms with van der Waals surface area (Å²) in [6.07, 6.45) is 4.91. The molecule has 0 aliphatic carbocycles. The minimum absolute atomic E-state index is 0. The predicted octanol–water partition coefficient (Wildman–Crippen LogP) is 9.86. The van der Waals surface area contributed by atoms with Crippen molar-refractivity contribution in [2.24, 2.45) is 11.8 Å². The van der Waals surface area contributed by atoms with Gasteiger partial charge < -0.3 is 5.11 Å². The third-order valence-corrected chi connectivity index (χ3v) is 7.52. The summed E-state index contributed by atoms with van der Waals surface area (Å²) in [4.78, 5) is 21.2. The Morgan fingerprint density at radius 3 is 1.90 bits per heavy atom. The molecule has 1 N–H and O–H groups in total. The first-order valence-corrected chi connectivity index (χ1v) is 14.6. The van der Waals surface area contributed by atoms with Crippen molar-refractivity contribution in [1.82, 2.24) is 9.97 Å². The molecule has 0 spiro atoms. The molecule has 1 radical (unpaired) electrons. The van der Waals surface area contributed by atoms with E-state index in [2.05, 4.69) is 6.07 Å². The number of hydrogen-bond acceptors (Lipinski definition) is 4. The van der Waals surface area contributed by atoms with Crippen molar-refractivity contribution in [2.45, 2.75) is 81.1 Å². The first-order valence-electron chi connectivity index (χ1n) is 16.6. The molecule has 225 valence electrons. The van der Waals surface area contributed by atoms with E-state index >= 15 is 0 Å². The summed E-state index contributed by atoms with van der Waals surface area (Å²) in [6.45, 7) is 16.0. The number of allylic oxidation sites excluding steroid dienone is 2. The maximum absolute atomic E-state index is 11.7. The first-order chi connectivity index (χ1) is 21.3. The van der Waals surface area contributed by atoms with Crippen molar-refractivity contribution in [3.05, 3.63) is 94.7 Å². The fourth-order valence-electron chi connectivity index (χ4n) is 5.14. The molecule has 4 rings (SSSR count). The Balaban J connectivity index is 0.000000394. The van der Waals surface area contributed by atoms with Gasteiger partial charge >= 0.3 is 0 Å².